The molecule has 0 N–H and O–H groups in total. The van der Waals surface area contributed by atoms with Crippen molar-refractivity contribution in [3.05, 3.63) is 138 Å². The van der Waals surface area contributed by atoms with Crippen molar-refractivity contribution in [2.45, 2.75) is 0 Å². The molecule has 3 heterocycles. The van der Waals surface area contributed by atoms with E-state index in [1.807, 2.05) is 42.5 Å². The summed E-state index contributed by atoms with van der Waals surface area (Å²) < 4.78 is 18.2. The molecule has 6 aromatic carbocycles. The van der Waals surface area contributed by atoms with Crippen molar-refractivity contribution in [3.8, 4) is 29.0 Å². The second kappa shape index (κ2) is 8.95. The first-order valence-corrected chi connectivity index (χ1v) is 14.5. The number of rotatable bonds is 2. The monoisotopic (exact) mass is 562 g/mol. The molecule has 0 saturated carbocycles. The Morgan fingerprint density at radius 1 is 0.636 bits per heavy atom. The first-order valence-electron chi connectivity index (χ1n) is 14.5. The molecular weight excluding hydrogens is 542 g/mol. The first kappa shape index (κ1) is 24.5. The quantitative estimate of drug-likeness (QED) is 0.215. The predicted molar refractivity (Wildman–Crippen MR) is 175 cm³/mol. The molecular formula is C38H20BFN4. The molecule has 1 aromatic heterocycles. The van der Waals surface area contributed by atoms with Gasteiger partial charge in [-0.3, -0.25) is 0 Å². The topological polar surface area (TPSA) is 55.8 Å². The van der Waals surface area contributed by atoms with E-state index in [2.05, 4.69) is 88.3 Å². The van der Waals surface area contributed by atoms with Gasteiger partial charge in [0.15, 0.2) is 0 Å². The van der Waals surface area contributed by atoms with E-state index in [0.717, 1.165) is 44.6 Å². The van der Waals surface area contributed by atoms with Crippen LogP contribution in [0.4, 0.5) is 21.5 Å². The number of nitrogens with zero attached hydrogens (tertiary/aromatic N) is 4. The maximum absolute atomic E-state index is 15.9. The van der Waals surface area contributed by atoms with Gasteiger partial charge in [-0.25, -0.2) is 4.39 Å². The maximum Gasteiger partial charge on any atom is 0.252 e. The molecule has 0 radical (unpaired) electrons. The van der Waals surface area contributed by atoms with E-state index in [4.69, 9.17) is 0 Å². The van der Waals surface area contributed by atoms with E-state index in [1.165, 1.54) is 28.4 Å². The molecule has 7 aromatic rings. The lowest BCUT2D eigenvalue weighted by Gasteiger charge is -2.40. The zero-order chi connectivity index (χ0) is 29.5. The molecule has 2 aliphatic heterocycles. The molecule has 9 rings (SSSR count). The van der Waals surface area contributed by atoms with Crippen LogP contribution < -0.4 is 21.3 Å². The molecule has 0 amide bonds. The molecule has 0 aliphatic carbocycles. The van der Waals surface area contributed by atoms with Gasteiger partial charge in [0.1, 0.15) is 5.82 Å². The van der Waals surface area contributed by atoms with Crippen LogP contribution in [0.25, 0.3) is 38.6 Å². The van der Waals surface area contributed by atoms with Crippen molar-refractivity contribution in [1.82, 2.24) is 4.57 Å². The van der Waals surface area contributed by atoms with Gasteiger partial charge in [-0.2, -0.15) is 10.5 Å². The van der Waals surface area contributed by atoms with Gasteiger partial charge in [-0.1, -0.05) is 72.8 Å². The Balaban J connectivity index is 1.49. The molecule has 202 valence electrons. The molecule has 6 heteroatoms. The number of aromatic nitrogens is 1. The normalized spacial score (nSPS) is 12.5. The molecule has 4 nitrogen and oxygen atoms in total. The number of anilines is 3. The molecule has 44 heavy (non-hydrogen) atoms. The predicted octanol–water partition coefficient (Wildman–Crippen LogP) is 6.95. The summed E-state index contributed by atoms with van der Waals surface area (Å²) in [7, 11) is 0. The van der Waals surface area contributed by atoms with Crippen LogP contribution in [0.3, 0.4) is 0 Å². The van der Waals surface area contributed by atoms with Crippen molar-refractivity contribution in [2.75, 3.05) is 4.90 Å². The van der Waals surface area contributed by atoms with Crippen LogP contribution in [0.2, 0.25) is 0 Å². The molecule has 0 spiro atoms. The van der Waals surface area contributed by atoms with E-state index < -0.39 is 5.82 Å². The molecule has 0 bridgehead atoms. The number of para-hydroxylation sites is 4. The Hall–Kier alpha value is -6.11. The fraction of sp³-hybridized carbons (Fsp3) is 0. The highest BCUT2D eigenvalue weighted by molar-refractivity contribution is 7.00. The summed E-state index contributed by atoms with van der Waals surface area (Å²) in [5, 5.41) is 21.9. The van der Waals surface area contributed by atoms with Gasteiger partial charge in [0, 0.05) is 44.6 Å². The van der Waals surface area contributed by atoms with E-state index in [-0.39, 0.29) is 23.4 Å². The van der Waals surface area contributed by atoms with Crippen LogP contribution in [0.1, 0.15) is 11.1 Å². The zero-order valence-electron chi connectivity index (χ0n) is 23.3. The fourth-order valence-electron chi connectivity index (χ4n) is 7.41. The Bertz CT molecular complexity index is 2450. The van der Waals surface area contributed by atoms with Gasteiger partial charge in [0.25, 0.3) is 6.71 Å². The lowest BCUT2D eigenvalue weighted by Crippen LogP contribution is -2.60. The van der Waals surface area contributed by atoms with Crippen LogP contribution in [0, 0.1) is 28.5 Å². The minimum absolute atomic E-state index is 0.0491. The number of hydrogen-bond acceptors (Lipinski definition) is 3. The summed E-state index contributed by atoms with van der Waals surface area (Å²) >= 11 is 0. The van der Waals surface area contributed by atoms with Crippen LogP contribution in [0.15, 0.2) is 121 Å². The standard InChI is InChI=1S/C38H20BFN4/c40-31-18-23(21-41)17-25(22-42)36(31)24-19-34-37-35(20-24)44-32-15-6-4-11-27(32)28-12-8-14-30(38(28)44)39(37)29-13-5-7-16-33(29)43(34)26-9-2-1-3-10-26/h1-20H. The summed E-state index contributed by atoms with van der Waals surface area (Å²) in [6, 6.07) is 44.5. The first-order chi connectivity index (χ1) is 21.7. The third-order valence-electron chi connectivity index (χ3n) is 9.08. The lowest BCUT2D eigenvalue weighted by molar-refractivity contribution is 0.630. The highest BCUT2D eigenvalue weighted by Crippen LogP contribution is 2.43. The van der Waals surface area contributed by atoms with E-state index >= 15 is 4.39 Å². The SMILES string of the molecule is N#Cc1cc(F)c(-c2cc3c4c(c2)-n2c5ccccc5c5cccc(c52)B4c2ccccc2N3c2ccccc2)c(C#N)c1. The van der Waals surface area contributed by atoms with Crippen molar-refractivity contribution in [3.63, 3.8) is 0 Å². The van der Waals surface area contributed by atoms with E-state index in [9.17, 15) is 10.5 Å². The van der Waals surface area contributed by atoms with Crippen molar-refractivity contribution >= 4 is 62.0 Å². The third kappa shape index (κ3) is 3.14. The van der Waals surface area contributed by atoms with E-state index in [1.54, 1.807) is 0 Å². The fourth-order valence-corrected chi connectivity index (χ4v) is 7.41. The van der Waals surface area contributed by atoms with E-state index in [0.29, 0.717) is 5.56 Å². The Kier molecular flexibility index (Phi) is 4.98. The third-order valence-corrected chi connectivity index (χ3v) is 9.08. The molecule has 0 fully saturated rings. The van der Waals surface area contributed by atoms with Crippen molar-refractivity contribution in [1.29, 1.82) is 10.5 Å². The van der Waals surface area contributed by atoms with Crippen molar-refractivity contribution in [2.24, 2.45) is 0 Å². The molecule has 2 aliphatic rings. The van der Waals surface area contributed by atoms with Crippen LogP contribution in [-0.4, -0.2) is 11.3 Å². The lowest BCUT2D eigenvalue weighted by atomic mass is 9.33. The summed E-state index contributed by atoms with van der Waals surface area (Å²) in [5.74, 6) is -0.592. The number of hydrogen-bond donors (Lipinski definition) is 0. The highest BCUT2D eigenvalue weighted by atomic mass is 19.1. The smallest absolute Gasteiger partial charge is 0.252 e. The molecule has 0 atom stereocenters. The Labute approximate surface area is 253 Å². The van der Waals surface area contributed by atoms with Crippen LogP contribution >= 0.6 is 0 Å². The largest absolute Gasteiger partial charge is 0.311 e. The second-order valence-electron chi connectivity index (χ2n) is 11.3. The van der Waals surface area contributed by atoms with Gasteiger partial charge >= 0.3 is 0 Å². The molecule has 0 unspecified atom stereocenters. The summed E-state index contributed by atoms with van der Waals surface area (Å²) in [5.41, 5.74) is 10.7. The summed E-state index contributed by atoms with van der Waals surface area (Å²) in [6.07, 6.45) is 0. The molecule has 0 saturated heterocycles. The minimum Gasteiger partial charge on any atom is -0.311 e. The minimum atomic E-state index is -0.592. The second-order valence-corrected chi connectivity index (χ2v) is 11.3. The Morgan fingerprint density at radius 3 is 2.20 bits per heavy atom. The average Bonchev–Trinajstić information content (AvgIpc) is 3.41. The number of benzene rings is 6. The number of fused-ring (bicyclic) bond motifs is 7. The van der Waals surface area contributed by atoms with Gasteiger partial charge < -0.3 is 9.47 Å². The number of halogens is 1. The highest BCUT2D eigenvalue weighted by Gasteiger charge is 2.42. The van der Waals surface area contributed by atoms with Crippen LogP contribution in [0.5, 0.6) is 0 Å². The van der Waals surface area contributed by atoms with Crippen molar-refractivity contribution < 1.29 is 4.39 Å². The zero-order valence-corrected chi connectivity index (χ0v) is 23.3. The van der Waals surface area contributed by atoms with Crippen LogP contribution in [-0.2, 0) is 0 Å². The van der Waals surface area contributed by atoms with Gasteiger partial charge in [0.05, 0.1) is 28.8 Å². The van der Waals surface area contributed by atoms with Gasteiger partial charge in [-0.15, -0.1) is 0 Å². The Morgan fingerprint density at radius 2 is 1.36 bits per heavy atom. The summed E-state index contributed by atoms with van der Waals surface area (Å²) in [4.78, 5) is 2.25. The van der Waals surface area contributed by atoms with Gasteiger partial charge in [-0.05, 0) is 70.5 Å². The van der Waals surface area contributed by atoms with Gasteiger partial charge in [0.2, 0.25) is 0 Å². The summed E-state index contributed by atoms with van der Waals surface area (Å²) in [6.45, 7) is -0.0491. The maximum atomic E-state index is 15.9. The number of nitriles is 2. The average molecular weight is 562 g/mol.